The maximum absolute atomic E-state index is 10.0. The molecule has 1 aliphatic heterocycles. The molecular formula is C17H19NO3. The molecule has 4 heteroatoms. The van der Waals surface area contributed by atoms with Gasteiger partial charge in [0.15, 0.2) is 11.5 Å². The molecule has 0 bridgehead atoms. The van der Waals surface area contributed by atoms with Gasteiger partial charge in [0.05, 0.1) is 19.9 Å². The van der Waals surface area contributed by atoms with Crippen molar-refractivity contribution in [1.82, 2.24) is 0 Å². The highest BCUT2D eigenvalue weighted by Crippen LogP contribution is 2.36. The van der Waals surface area contributed by atoms with Gasteiger partial charge >= 0.3 is 0 Å². The van der Waals surface area contributed by atoms with Crippen LogP contribution in [0, 0.1) is 0 Å². The summed E-state index contributed by atoms with van der Waals surface area (Å²) in [6, 6.07) is 11.5. The van der Waals surface area contributed by atoms with Gasteiger partial charge < -0.3 is 19.5 Å². The number of phenols is 1. The van der Waals surface area contributed by atoms with E-state index in [9.17, 15) is 5.11 Å². The molecule has 1 heterocycles. The number of phenolic OH excluding ortho intramolecular Hbond substituents is 1. The Balaban J connectivity index is 1.93. The molecule has 1 N–H and O–H groups in total. The third-order valence-corrected chi connectivity index (χ3v) is 3.94. The van der Waals surface area contributed by atoms with Gasteiger partial charge in [-0.2, -0.15) is 0 Å². The minimum absolute atomic E-state index is 0.321. The van der Waals surface area contributed by atoms with Gasteiger partial charge in [-0.1, -0.05) is 12.1 Å². The van der Waals surface area contributed by atoms with Crippen molar-refractivity contribution >= 4 is 5.69 Å². The van der Waals surface area contributed by atoms with E-state index < -0.39 is 0 Å². The lowest BCUT2D eigenvalue weighted by Crippen LogP contribution is -2.30. The Morgan fingerprint density at radius 2 is 1.67 bits per heavy atom. The summed E-state index contributed by atoms with van der Waals surface area (Å²) in [5.74, 6) is 1.84. The summed E-state index contributed by atoms with van der Waals surface area (Å²) in [6.45, 7) is 1.63. The fourth-order valence-electron chi connectivity index (χ4n) is 2.82. The molecule has 21 heavy (non-hydrogen) atoms. The van der Waals surface area contributed by atoms with E-state index in [-0.39, 0.29) is 0 Å². The zero-order valence-corrected chi connectivity index (χ0v) is 12.3. The van der Waals surface area contributed by atoms with Crippen LogP contribution in [0.3, 0.4) is 0 Å². The van der Waals surface area contributed by atoms with Gasteiger partial charge in [-0.25, -0.2) is 0 Å². The van der Waals surface area contributed by atoms with E-state index in [0.29, 0.717) is 5.75 Å². The van der Waals surface area contributed by atoms with Crippen molar-refractivity contribution in [3.63, 3.8) is 0 Å². The van der Waals surface area contributed by atoms with Crippen molar-refractivity contribution in [1.29, 1.82) is 0 Å². The Hall–Kier alpha value is -2.36. The predicted molar refractivity (Wildman–Crippen MR) is 82.4 cm³/mol. The van der Waals surface area contributed by atoms with E-state index in [1.54, 1.807) is 20.3 Å². The molecule has 2 aromatic rings. The summed E-state index contributed by atoms with van der Waals surface area (Å²) < 4.78 is 10.7. The third kappa shape index (κ3) is 2.49. The van der Waals surface area contributed by atoms with Gasteiger partial charge in [0, 0.05) is 13.1 Å². The molecule has 1 aliphatic rings. The molecule has 2 aromatic carbocycles. The predicted octanol–water partition coefficient (Wildman–Crippen LogP) is 2.97. The Bertz CT molecular complexity index is 654. The molecule has 0 unspecified atom stereocenters. The highest BCUT2D eigenvalue weighted by atomic mass is 16.5. The van der Waals surface area contributed by atoms with Crippen LogP contribution in [0.2, 0.25) is 0 Å². The van der Waals surface area contributed by atoms with Gasteiger partial charge in [0.2, 0.25) is 0 Å². The van der Waals surface area contributed by atoms with Crippen LogP contribution in [0.25, 0.3) is 0 Å². The van der Waals surface area contributed by atoms with Crippen molar-refractivity contribution in [2.24, 2.45) is 0 Å². The maximum Gasteiger partial charge on any atom is 0.161 e. The van der Waals surface area contributed by atoms with E-state index >= 15 is 0 Å². The summed E-state index contributed by atoms with van der Waals surface area (Å²) in [7, 11) is 3.30. The number of benzene rings is 2. The number of fused-ring (bicyclic) bond motifs is 1. The number of para-hydroxylation sites is 2. The Labute approximate surface area is 124 Å². The second-order valence-electron chi connectivity index (χ2n) is 5.14. The fourth-order valence-corrected chi connectivity index (χ4v) is 2.82. The van der Waals surface area contributed by atoms with Crippen LogP contribution in [0.4, 0.5) is 5.69 Å². The summed E-state index contributed by atoms with van der Waals surface area (Å²) in [4.78, 5) is 2.18. The number of hydrogen-bond acceptors (Lipinski definition) is 4. The lowest BCUT2D eigenvalue weighted by atomic mass is 9.98. The molecule has 4 nitrogen and oxygen atoms in total. The first-order chi connectivity index (χ1) is 10.2. The van der Waals surface area contributed by atoms with Crippen LogP contribution in [0.15, 0.2) is 36.4 Å². The summed E-state index contributed by atoms with van der Waals surface area (Å²) in [6.07, 6.45) is 0.921. The van der Waals surface area contributed by atoms with Crippen LogP contribution in [-0.4, -0.2) is 25.9 Å². The summed E-state index contributed by atoms with van der Waals surface area (Å²) in [5, 5.41) is 10.0. The molecule has 3 rings (SSSR count). The lowest BCUT2D eigenvalue weighted by Gasteiger charge is -2.31. The van der Waals surface area contributed by atoms with Crippen molar-refractivity contribution in [2.75, 3.05) is 25.7 Å². The lowest BCUT2D eigenvalue weighted by molar-refractivity contribution is 0.353. The highest BCUT2D eigenvalue weighted by Gasteiger charge is 2.21. The standard InChI is InChI=1S/C17H19NO3/c1-20-16-9-12-7-8-18(11-13(12)10-17(16)21-2)14-5-3-4-6-15(14)19/h3-6,9-10,19H,7-8,11H2,1-2H3. The molecule has 0 amide bonds. The van der Waals surface area contributed by atoms with Gasteiger partial charge in [0.1, 0.15) is 5.75 Å². The third-order valence-electron chi connectivity index (χ3n) is 3.94. The molecule has 0 aliphatic carbocycles. The van der Waals surface area contributed by atoms with Crippen molar-refractivity contribution < 1.29 is 14.6 Å². The quantitative estimate of drug-likeness (QED) is 0.941. The molecule has 110 valence electrons. The average molecular weight is 285 g/mol. The van der Waals surface area contributed by atoms with Crippen LogP contribution < -0.4 is 14.4 Å². The maximum atomic E-state index is 10.0. The van der Waals surface area contributed by atoms with Gasteiger partial charge in [-0.3, -0.25) is 0 Å². The molecule has 0 aromatic heterocycles. The first-order valence-electron chi connectivity index (χ1n) is 6.99. The highest BCUT2D eigenvalue weighted by molar-refractivity contribution is 5.60. The van der Waals surface area contributed by atoms with Crippen molar-refractivity contribution in [3.8, 4) is 17.2 Å². The Morgan fingerprint density at radius 3 is 2.33 bits per heavy atom. The first-order valence-corrected chi connectivity index (χ1v) is 6.99. The SMILES string of the molecule is COc1cc2c(cc1OC)CN(c1ccccc1O)CC2. The molecule has 0 radical (unpaired) electrons. The van der Waals surface area contributed by atoms with Gasteiger partial charge in [-0.05, 0) is 41.8 Å². The zero-order valence-electron chi connectivity index (χ0n) is 12.3. The minimum Gasteiger partial charge on any atom is -0.506 e. The zero-order chi connectivity index (χ0) is 14.8. The van der Waals surface area contributed by atoms with Crippen LogP contribution >= 0.6 is 0 Å². The van der Waals surface area contributed by atoms with Crippen LogP contribution in [0.5, 0.6) is 17.2 Å². The number of ether oxygens (including phenoxy) is 2. The summed E-state index contributed by atoms with van der Waals surface area (Å²) >= 11 is 0. The molecule has 0 atom stereocenters. The molecule has 0 fully saturated rings. The normalized spacial score (nSPS) is 13.7. The fraction of sp³-hybridized carbons (Fsp3) is 0.294. The van der Waals surface area contributed by atoms with Gasteiger partial charge in [0.25, 0.3) is 0 Å². The van der Waals surface area contributed by atoms with Crippen LogP contribution in [-0.2, 0) is 13.0 Å². The molecular weight excluding hydrogens is 266 g/mol. The molecule has 0 saturated heterocycles. The first kappa shape index (κ1) is 13.6. The minimum atomic E-state index is 0.321. The molecule has 0 spiro atoms. The summed E-state index contributed by atoms with van der Waals surface area (Å²) in [5.41, 5.74) is 3.36. The number of hydrogen-bond donors (Lipinski definition) is 1. The number of anilines is 1. The van der Waals surface area contributed by atoms with E-state index in [2.05, 4.69) is 11.0 Å². The number of methoxy groups -OCH3 is 2. The average Bonchev–Trinajstić information content (AvgIpc) is 2.53. The van der Waals surface area contributed by atoms with E-state index in [4.69, 9.17) is 9.47 Å². The topological polar surface area (TPSA) is 41.9 Å². The van der Waals surface area contributed by atoms with Crippen LogP contribution in [0.1, 0.15) is 11.1 Å². The second-order valence-corrected chi connectivity index (χ2v) is 5.14. The number of aromatic hydroxyl groups is 1. The monoisotopic (exact) mass is 285 g/mol. The van der Waals surface area contributed by atoms with E-state index in [1.165, 1.54) is 11.1 Å². The largest absolute Gasteiger partial charge is 0.506 e. The Morgan fingerprint density at radius 1 is 1.00 bits per heavy atom. The van der Waals surface area contributed by atoms with E-state index in [0.717, 1.165) is 36.7 Å². The Kier molecular flexibility index (Phi) is 3.60. The van der Waals surface area contributed by atoms with Crippen molar-refractivity contribution in [3.05, 3.63) is 47.5 Å². The van der Waals surface area contributed by atoms with Crippen molar-refractivity contribution in [2.45, 2.75) is 13.0 Å². The number of rotatable bonds is 3. The number of nitrogens with zero attached hydrogens (tertiary/aromatic N) is 1. The van der Waals surface area contributed by atoms with Gasteiger partial charge in [-0.15, -0.1) is 0 Å². The smallest absolute Gasteiger partial charge is 0.161 e. The molecule has 0 saturated carbocycles. The van der Waals surface area contributed by atoms with E-state index in [1.807, 2.05) is 24.3 Å². The second kappa shape index (κ2) is 5.56.